The Bertz CT molecular complexity index is 345. The summed E-state index contributed by atoms with van der Waals surface area (Å²) in [7, 11) is 0. The molecule has 1 N–H and O–H groups in total. The van der Waals surface area contributed by atoms with E-state index in [4.69, 9.17) is 4.74 Å². The van der Waals surface area contributed by atoms with Crippen molar-refractivity contribution in [2.24, 2.45) is 0 Å². The van der Waals surface area contributed by atoms with E-state index < -0.39 is 0 Å². The van der Waals surface area contributed by atoms with Gasteiger partial charge in [-0.05, 0) is 30.5 Å². The van der Waals surface area contributed by atoms with Gasteiger partial charge in [0.2, 0.25) is 0 Å². The summed E-state index contributed by atoms with van der Waals surface area (Å²) in [6.07, 6.45) is 8.04. The number of unbranched alkanes of at least 4 members (excludes halogenated alkanes) is 3. The van der Waals surface area contributed by atoms with Gasteiger partial charge in [-0.2, -0.15) is 0 Å². The van der Waals surface area contributed by atoms with Gasteiger partial charge in [-0.25, -0.2) is 0 Å². The topological polar surface area (TPSA) is 29.5 Å². The van der Waals surface area contributed by atoms with E-state index in [2.05, 4.69) is 6.92 Å². The van der Waals surface area contributed by atoms with Crippen molar-refractivity contribution >= 4 is 0 Å². The van der Waals surface area contributed by atoms with Crippen LogP contribution in [0.1, 0.15) is 56.9 Å². The fourth-order valence-corrected chi connectivity index (χ4v) is 2.68. The number of hydrogen-bond acceptors (Lipinski definition) is 2. The van der Waals surface area contributed by atoms with Crippen LogP contribution in [0, 0.1) is 0 Å². The molecule has 2 atom stereocenters. The highest BCUT2D eigenvalue weighted by Gasteiger charge is 2.26. The molecule has 1 aromatic rings. The monoisotopic (exact) mass is 248 g/mol. The van der Waals surface area contributed by atoms with Crippen molar-refractivity contribution < 1.29 is 9.84 Å². The van der Waals surface area contributed by atoms with Gasteiger partial charge in [-0.15, -0.1) is 0 Å². The first-order valence-electron chi connectivity index (χ1n) is 7.20. The van der Waals surface area contributed by atoms with Crippen LogP contribution < -0.4 is 0 Å². The van der Waals surface area contributed by atoms with Crippen LogP contribution in [0.3, 0.4) is 0 Å². The lowest BCUT2D eigenvalue weighted by atomic mass is 9.94. The highest BCUT2D eigenvalue weighted by molar-refractivity contribution is 5.28. The van der Waals surface area contributed by atoms with Crippen LogP contribution in [0.25, 0.3) is 0 Å². The molecule has 0 aromatic heterocycles. The number of rotatable bonds is 6. The zero-order chi connectivity index (χ0) is 12.8. The molecule has 100 valence electrons. The molecule has 2 heteroatoms. The molecule has 18 heavy (non-hydrogen) atoms. The molecular weight excluding hydrogens is 224 g/mol. The second-order valence-corrected chi connectivity index (χ2v) is 5.33. The summed E-state index contributed by atoms with van der Waals surface area (Å²) in [6, 6.07) is 7.57. The number of benzene rings is 1. The van der Waals surface area contributed by atoms with E-state index in [0.717, 1.165) is 13.0 Å². The Morgan fingerprint density at radius 2 is 1.94 bits per heavy atom. The van der Waals surface area contributed by atoms with Crippen LogP contribution in [-0.4, -0.2) is 17.8 Å². The summed E-state index contributed by atoms with van der Waals surface area (Å²) < 4.78 is 5.87. The summed E-state index contributed by atoms with van der Waals surface area (Å²) in [5.41, 5.74) is 1.30. The first kappa shape index (κ1) is 13.4. The summed E-state index contributed by atoms with van der Waals surface area (Å²) >= 11 is 0. The highest BCUT2D eigenvalue weighted by Crippen LogP contribution is 2.32. The van der Waals surface area contributed by atoms with E-state index in [1.165, 1.54) is 37.7 Å². The Morgan fingerprint density at radius 1 is 1.17 bits per heavy atom. The third-order valence-corrected chi connectivity index (χ3v) is 3.82. The van der Waals surface area contributed by atoms with Crippen LogP contribution in [0.5, 0.6) is 5.75 Å². The van der Waals surface area contributed by atoms with E-state index in [-0.39, 0.29) is 0 Å². The SMILES string of the molecule is CCCCCC[C@H]1C[C@@H](c2ccc(O)cc2)CO1. The molecule has 1 fully saturated rings. The molecule has 0 amide bonds. The largest absolute Gasteiger partial charge is 0.508 e. The first-order chi connectivity index (χ1) is 8.79. The molecule has 2 nitrogen and oxygen atoms in total. The lowest BCUT2D eigenvalue weighted by molar-refractivity contribution is 0.100. The Balaban J connectivity index is 1.76. The highest BCUT2D eigenvalue weighted by atomic mass is 16.5. The van der Waals surface area contributed by atoms with E-state index >= 15 is 0 Å². The van der Waals surface area contributed by atoms with Crippen LogP contribution >= 0.6 is 0 Å². The molecule has 1 aromatic carbocycles. The third kappa shape index (κ3) is 3.74. The quantitative estimate of drug-likeness (QED) is 0.763. The number of aromatic hydroxyl groups is 1. The maximum Gasteiger partial charge on any atom is 0.115 e. The van der Waals surface area contributed by atoms with E-state index in [0.29, 0.717) is 17.8 Å². The summed E-state index contributed by atoms with van der Waals surface area (Å²) in [5, 5.41) is 9.29. The fourth-order valence-electron chi connectivity index (χ4n) is 2.68. The van der Waals surface area contributed by atoms with Crippen molar-refractivity contribution in [1.82, 2.24) is 0 Å². The Hall–Kier alpha value is -1.02. The molecule has 1 saturated heterocycles. The normalized spacial score (nSPS) is 23.4. The maximum absolute atomic E-state index is 9.29. The first-order valence-corrected chi connectivity index (χ1v) is 7.20. The fraction of sp³-hybridized carbons (Fsp3) is 0.625. The number of phenolic OH excluding ortho intramolecular Hbond substituents is 1. The lowest BCUT2D eigenvalue weighted by Gasteiger charge is -2.09. The minimum atomic E-state index is 0.341. The van der Waals surface area contributed by atoms with Gasteiger partial charge in [-0.3, -0.25) is 0 Å². The molecule has 0 spiro atoms. The average molecular weight is 248 g/mol. The number of phenols is 1. The zero-order valence-electron chi connectivity index (χ0n) is 11.3. The van der Waals surface area contributed by atoms with Crippen LogP contribution in [-0.2, 0) is 4.74 Å². The van der Waals surface area contributed by atoms with Crippen LogP contribution in [0.4, 0.5) is 0 Å². The molecule has 0 saturated carbocycles. The molecule has 1 aliphatic heterocycles. The van der Waals surface area contributed by atoms with Gasteiger partial charge in [0, 0.05) is 5.92 Å². The van der Waals surface area contributed by atoms with Crippen molar-refractivity contribution in [3.05, 3.63) is 29.8 Å². The van der Waals surface area contributed by atoms with Crippen LogP contribution in [0.2, 0.25) is 0 Å². The average Bonchev–Trinajstić information content (AvgIpc) is 2.84. The predicted octanol–water partition coefficient (Wildman–Crippen LogP) is 4.24. The molecule has 2 rings (SSSR count). The van der Waals surface area contributed by atoms with Crippen molar-refractivity contribution in [3.63, 3.8) is 0 Å². The van der Waals surface area contributed by atoms with E-state index in [1.807, 2.05) is 12.1 Å². The maximum atomic E-state index is 9.29. The third-order valence-electron chi connectivity index (χ3n) is 3.82. The lowest BCUT2D eigenvalue weighted by Crippen LogP contribution is -2.04. The zero-order valence-corrected chi connectivity index (χ0v) is 11.3. The Kier molecular flexibility index (Phi) is 5.06. The van der Waals surface area contributed by atoms with Crippen molar-refractivity contribution in [3.8, 4) is 5.75 Å². The van der Waals surface area contributed by atoms with Gasteiger partial charge in [0.1, 0.15) is 5.75 Å². The predicted molar refractivity (Wildman–Crippen MR) is 74.0 cm³/mol. The smallest absolute Gasteiger partial charge is 0.115 e. The van der Waals surface area contributed by atoms with Gasteiger partial charge in [0.05, 0.1) is 12.7 Å². The van der Waals surface area contributed by atoms with E-state index in [1.54, 1.807) is 12.1 Å². The second kappa shape index (κ2) is 6.79. The molecule has 0 radical (unpaired) electrons. The minimum absolute atomic E-state index is 0.341. The van der Waals surface area contributed by atoms with Crippen molar-refractivity contribution in [2.75, 3.05) is 6.61 Å². The van der Waals surface area contributed by atoms with Crippen molar-refractivity contribution in [1.29, 1.82) is 0 Å². The minimum Gasteiger partial charge on any atom is -0.508 e. The van der Waals surface area contributed by atoms with Crippen molar-refractivity contribution in [2.45, 2.75) is 57.5 Å². The molecular formula is C16H24O2. The van der Waals surface area contributed by atoms with Gasteiger partial charge in [0.15, 0.2) is 0 Å². The van der Waals surface area contributed by atoms with Gasteiger partial charge in [-0.1, -0.05) is 44.7 Å². The molecule has 0 unspecified atom stereocenters. The molecule has 1 heterocycles. The van der Waals surface area contributed by atoms with Gasteiger partial charge < -0.3 is 9.84 Å². The number of hydrogen-bond donors (Lipinski definition) is 1. The van der Waals surface area contributed by atoms with E-state index in [9.17, 15) is 5.11 Å². The Morgan fingerprint density at radius 3 is 2.67 bits per heavy atom. The molecule has 0 aliphatic carbocycles. The summed E-state index contributed by atoms with van der Waals surface area (Å²) in [4.78, 5) is 0. The molecule has 0 bridgehead atoms. The second-order valence-electron chi connectivity index (χ2n) is 5.33. The Labute approximate surface area is 110 Å². The summed E-state index contributed by atoms with van der Waals surface area (Å²) in [6.45, 7) is 3.08. The number of ether oxygens (including phenoxy) is 1. The van der Waals surface area contributed by atoms with Crippen LogP contribution in [0.15, 0.2) is 24.3 Å². The molecule has 1 aliphatic rings. The standard InChI is InChI=1S/C16H24O2/c1-2-3-4-5-6-16-11-14(12-18-16)13-7-9-15(17)10-8-13/h7-10,14,16-17H,2-6,11-12H2,1H3/t14-,16+/m1/s1. The summed E-state index contributed by atoms with van der Waals surface area (Å²) in [5.74, 6) is 0.857. The van der Waals surface area contributed by atoms with Gasteiger partial charge in [0.25, 0.3) is 0 Å². The van der Waals surface area contributed by atoms with Gasteiger partial charge >= 0.3 is 0 Å².